The van der Waals surface area contributed by atoms with Gasteiger partial charge in [0.25, 0.3) is 5.24 Å². The Balaban J connectivity index is 1.86. The Kier molecular flexibility index (Phi) is 5.07. The van der Waals surface area contributed by atoms with Crippen molar-refractivity contribution in [2.75, 3.05) is 0 Å². The minimum Gasteiger partial charge on any atom is -0.288 e. The number of thiocarbonyl (C=S) groups is 1. The van der Waals surface area contributed by atoms with Crippen LogP contribution in [0, 0.1) is 0 Å². The Morgan fingerprint density at radius 3 is 2.57 bits per heavy atom. The van der Waals surface area contributed by atoms with Gasteiger partial charge in [0.2, 0.25) is 0 Å². The Labute approximate surface area is 154 Å². The maximum absolute atomic E-state index is 12.2. The average Bonchev–Trinajstić information content (AvgIpc) is 2.80. The van der Waals surface area contributed by atoms with Crippen LogP contribution in [0.4, 0.5) is 4.79 Å². The molecule has 0 bridgehead atoms. The van der Waals surface area contributed by atoms with Gasteiger partial charge in [0.15, 0.2) is 0 Å². The summed E-state index contributed by atoms with van der Waals surface area (Å²) in [5.41, 5.74) is 1.78. The van der Waals surface area contributed by atoms with Gasteiger partial charge in [0.05, 0.1) is 21.5 Å². The highest BCUT2D eigenvalue weighted by Gasteiger charge is 2.31. The van der Waals surface area contributed by atoms with Crippen LogP contribution in [0.15, 0.2) is 53.4 Å². The lowest BCUT2D eigenvalue weighted by Gasteiger charge is -2.14. The summed E-state index contributed by atoms with van der Waals surface area (Å²) in [6.07, 6.45) is 1.81. The molecule has 1 amide bonds. The molecule has 0 radical (unpaired) electrons. The summed E-state index contributed by atoms with van der Waals surface area (Å²) in [7, 11) is 0. The third-order valence-corrected chi connectivity index (χ3v) is 5.65. The van der Waals surface area contributed by atoms with Crippen LogP contribution >= 0.6 is 47.2 Å². The van der Waals surface area contributed by atoms with Crippen LogP contribution in [-0.4, -0.2) is 15.1 Å². The van der Waals surface area contributed by atoms with Crippen molar-refractivity contribution in [1.29, 1.82) is 0 Å². The number of amides is 1. The summed E-state index contributed by atoms with van der Waals surface area (Å²) in [5.74, 6) is 0. The molecule has 0 unspecified atom stereocenters. The Morgan fingerprint density at radius 1 is 1.09 bits per heavy atom. The van der Waals surface area contributed by atoms with E-state index >= 15 is 0 Å². The molecule has 0 aliphatic carbocycles. The molecule has 0 atom stereocenters. The molecule has 1 heterocycles. The Morgan fingerprint density at radius 2 is 1.83 bits per heavy atom. The second-order valence-corrected chi connectivity index (χ2v) is 7.06. The van der Waals surface area contributed by atoms with Gasteiger partial charge in [-0.1, -0.05) is 77.9 Å². The van der Waals surface area contributed by atoms with E-state index in [-0.39, 0.29) is 5.24 Å². The van der Waals surface area contributed by atoms with E-state index in [0.717, 1.165) is 22.9 Å². The van der Waals surface area contributed by atoms with Gasteiger partial charge < -0.3 is 0 Å². The number of hydrogen-bond donors (Lipinski definition) is 0. The second-order valence-electron chi connectivity index (χ2n) is 4.90. The molecular formula is C17H11Cl2NOS2. The zero-order valence-electron chi connectivity index (χ0n) is 11.8. The highest BCUT2D eigenvalue weighted by Crippen LogP contribution is 2.36. The minimum absolute atomic E-state index is 0.0803. The lowest BCUT2D eigenvalue weighted by Crippen LogP contribution is -2.26. The topological polar surface area (TPSA) is 20.3 Å². The van der Waals surface area contributed by atoms with Crippen LogP contribution in [0.2, 0.25) is 10.0 Å². The highest BCUT2D eigenvalue weighted by molar-refractivity contribution is 8.19. The first-order chi connectivity index (χ1) is 11.1. The molecule has 23 heavy (non-hydrogen) atoms. The molecule has 2 aromatic carbocycles. The number of carbonyl (C=O) groups excluding carboxylic acids is 1. The zero-order chi connectivity index (χ0) is 16.4. The predicted molar refractivity (Wildman–Crippen MR) is 102 cm³/mol. The smallest absolute Gasteiger partial charge is 0.288 e. The summed E-state index contributed by atoms with van der Waals surface area (Å²) in [4.78, 5) is 15.1. The van der Waals surface area contributed by atoms with Crippen molar-refractivity contribution in [3.8, 4) is 0 Å². The van der Waals surface area contributed by atoms with E-state index in [9.17, 15) is 4.79 Å². The molecule has 1 saturated heterocycles. The normalized spacial score (nSPS) is 16.4. The summed E-state index contributed by atoms with van der Waals surface area (Å²) in [6, 6.07) is 15.1. The summed E-state index contributed by atoms with van der Waals surface area (Å²) in [6.45, 7) is 0.464. The standard InChI is InChI=1S/C17H11Cl2NOS2/c18-13-8-4-7-12(15(13)19)9-14-16(22)20(17(21)23-14)10-11-5-2-1-3-6-11/h1-9H,10H2. The van der Waals surface area contributed by atoms with Gasteiger partial charge in [-0.15, -0.1) is 0 Å². The Hall–Kier alpha value is -1.33. The van der Waals surface area contributed by atoms with Crippen molar-refractivity contribution < 1.29 is 4.79 Å². The van der Waals surface area contributed by atoms with Gasteiger partial charge in [-0.2, -0.15) is 0 Å². The van der Waals surface area contributed by atoms with Crippen LogP contribution in [0.5, 0.6) is 0 Å². The third-order valence-electron chi connectivity index (χ3n) is 3.33. The van der Waals surface area contributed by atoms with E-state index in [0.29, 0.717) is 26.5 Å². The van der Waals surface area contributed by atoms with Gasteiger partial charge >= 0.3 is 0 Å². The molecule has 1 aliphatic rings. The number of nitrogens with zero attached hydrogens (tertiary/aromatic N) is 1. The second kappa shape index (κ2) is 7.05. The van der Waals surface area contributed by atoms with E-state index < -0.39 is 0 Å². The number of hydrogen-bond acceptors (Lipinski definition) is 3. The number of rotatable bonds is 3. The summed E-state index contributed by atoms with van der Waals surface area (Å²) in [5, 5.41) is 0.852. The van der Waals surface area contributed by atoms with Crippen molar-refractivity contribution in [2.24, 2.45) is 0 Å². The van der Waals surface area contributed by atoms with Gasteiger partial charge in [-0.3, -0.25) is 9.69 Å². The number of thioether (sulfide) groups is 1. The predicted octanol–water partition coefficient (Wildman–Crippen LogP) is 6.03. The molecule has 0 N–H and O–H groups in total. The number of carbonyl (C=O) groups is 1. The summed E-state index contributed by atoms with van der Waals surface area (Å²) < 4.78 is 0. The van der Waals surface area contributed by atoms with Crippen molar-refractivity contribution >= 4 is 63.5 Å². The van der Waals surface area contributed by atoms with E-state index in [1.807, 2.05) is 48.5 Å². The van der Waals surface area contributed by atoms with E-state index in [2.05, 4.69) is 0 Å². The lowest BCUT2D eigenvalue weighted by atomic mass is 10.2. The first kappa shape index (κ1) is 16.5. The molecule has 116 valence electrons. The largest absolute Gasteiger partial charge is 0.291 e. The molecule has 0 saturated carbocycles. The summed E-state index contributed by atoms with van der Waals surface area (Å²) >= 11 is 18.8. The van der Waals surface area contributed by atoms with Gasteiger partial charge in [0, 0.05) is 0 Å². The molecule has 0 aromatic heterocycles. The number of benzene rings is 2. The minimum atomic E-state index is -0.0803. The van der Waals surface area contributed by atoms with Crippen LogP contribution in [0.25, 0.3) is 6.08 Å². The monoisotopic (exact) mass is 379 g/mol. The highest BCUT2D eigenvalue weighted by atomic mass is 35.5. The van der Waals surface area contributed by atoms with Crippen LogP contribution in [0.3, 0.4) is 0 Å². The first-order valence-electron chi connectivity index (χ1n) is 6.79. The van der Waals surface area contributed by atoms with Crippen molar-refractivity contribution in [3.63, 3.8) is 0 Å². The van der Waals surface area contributed by atoms with Crippen molar-refractivity contribution in [2.45, 2.75) is 6.54 Å². The fourth-order valence-electron chi connectivity index (χ4n) is 2.18. The fourth-order valence-corrected chi connectivity index (χ4v) is 3.76. The molecule has 3 rings (SSSR count). The molecule has 2 aromatic rings. The van der Waals surface area contributed by atoms with Crippen LogP contribution in [0.1, 0.15) is 11.1 Å². The molecule has 0 spiro atoms. The molecule has 1 fully saturated rings. The average molecular weight is 380 g/mol. The molecule has 6 heteroatoms. The quantitative estimate of drug-likeness (QED) is 0.479. The maximum atomic E-state index is 12.2. The lowest BCUT2D eigenvalue weighted by molar-refractivity contribution is 0.244. The Bertz CT molecular complexity index is 805. The SMILES string of the molecule is O=C1SC(=Cc2cccc(Cl)c2Cl)C(=S)N1Cc1ccccc1. The van der Waals surface area contributed by atoms with Crippen LogP contribution < -0.4 is 0 Å². The fraction of sp³-hybridized carbons (Fsp3) is 0.0588. The van der Waals surface area contributed by atoms with Crippen molar-refractivity contribution in [3.05, 3.63) is 74.6 Å². The maximum Gasteiger partial charge on any atom is 0.291 e. The molecular weight excluding hydrogens is 369 g/mol. The molecule has 2 nitrogen and oxygen atoms in total. The van der Waals surface area contributed by atoms with Crippen LogP contribution in [-0.2, 0) is 6.54 Å². The van der Waals surface area contributed by atoms with Gasteiger partial charge in [-0.05, 0) is 35.0 Å². The van der Waals surface area contributed by atoms with Crippen molar-refractivity contribution in [1.82, 2.24) is 4.90 Å². The number of halogens is 2. The van der Waals surface area contributed by atoms with E-state index in [1.54, 1.807) is 11.0 Å². The van der Waals surface area contributed by atoms with E-state index in [4.69, 9.17) is 35.4 Å². The first-order valence-corrected chi connectivity index (χ1v) is 8.77. The zero-order valence-corrected chi connectivity index (χ0v) is 15.0. The third kappa shape index (κ3) is 3.61. The molecule has 1 aliphatic heterocycles. The van der Waals surface area contributed by atoms with E-state index in [1.165, 1.54) is 0 Å². The van der Waals surface area contributed by atoms with Gasteiger partial charge in [0.1, 0.15) is 4.99 Å². The van der Waals surface area contributed by atoms with Gasteiger partial charge in [-0.25, -0.2) is 0 Å².